The zero-order chi connectivity index (χ0) is 25.2. The van der Waals surface area contributed by atoms with E-state index < -0.39 is 5.54 Å². The van der Waals surface area contributed by atoms with Gasteiger partial charge in [-0.2, -0.15) is 5.10 Å². The second-order valence-electron chi connectivity index (χ2n) is 8.28. The standard InChI is InChI=1S/C25H26N6O4/c1-6-20(32)28-16-9-8-10-17(11-16)35-21-13-27-23-22(29-21)18(12-26-23)19-14-31(30-15(19)3)25(4,5)24(33)34-7-2/h6,8-14H,1,7H2,2-5H3,(H,26,27)(H,28,32). The molecule has 4 rings (SSSR count). The monoisotopic (exact) mass is 474 g/mol. The van der Waals surface area contributed by atoms with Gasteiger partial charge in [-0.3, -0.25) is 9.48 Å². The molecule has 0 aliphatic rings. The van der Waals surface area contributed by atoms with Gasteiger partial charge < -0.3 is 19.8 Å². The first-order valence-corrected chi connectivity index (χ1v) is 11.0. The van der Waals surface area contributed by atoms with Crippen molar-refractivity contribution in [1.82, 2.24) is 24.7 Å². The SMILES string of the molecule is C=CC(=O)Nc1cccc(Oc2cnc3[nH]cc(-c4cn(C(C)(C)C(=O)OCC)nc4C)c3n2)c1. The number of aromatic amines is 1. The van der Waals surface area contributed by atoms with Crippen LogP contribution >= 0.6 is 0 Å². The van der Waals surface area contributed by atoms with Gasteiger partial charge in [-0.25, -0.2) is 14.8 Å². The number of H-pyrrole nitrogens is 1. The van der Waals surface area contributed by atoms with Crippen molar-refractivity contribution in [2.75, 3.05) is 11.9 Å². The molecule has 0 spiro atoms. The van der Waals surface area contributed by atoms with E-state index in [1.807, 2.05) is 6.92 Å². The summed E-state index contributed by atoms with van der Waals surface area (Å²) in [5.41, 5.74) is 3.06. The van der Waals surface area contributed by atoms with Crippen molar-refractivity contribution in [2.45, 2.75) is 33.2 Å². The van der Waals surface area contributed by atoms with Crippen molar-refractivity contribution in [1.29, 1.82) is 0 Å². The van der Waals surface area contributed by atoms with Gasteiger partial charge in [0.05, 0.1) is 18.5 Å². The van der Waals surface area contributed by atoms with Gasteiger partial charge in [0.25, 0.3) is 0 Å². The van der Waals surface area contributed by atoms with Gasteiger partial charge >= 0.3 is 5.97 Å². The zero-order valence-corrected chi connectivity index (χ0v) is 20.0. The molecule has 0 aliphatic carbocycles. The van der Waals surface area contributed by atoms with Crippen LogP contribution in [0.1, 0.15) is 26.5 Å². The summed E-state index contributed by atoms with van der Waals surface area (Å²) in [5.74, 6) is 0.0811. The molecule has 0 aliphatic heterocycles. The molecule has 3 aromatic heterocycles. The highest BCUT2D eigenvalue weighted by molar-refractivity contribution is 5.99. The molecule has 0 unspecified atom stereocenters. The van der Waals surface area contributed by atoms with Crippen LogP contribution in [0.4, 0.5) is 5.69 Å². The first-order valence-electron chi connectivity index (χ1n) is 11.0. The third-order valence-corrected chi connectivity index (χ3v) is 5.40. The Labute approximate surface area is 202 Å². The minimum atomic E-state index is -0.975. The first kappa shape index (κ1) is 23.7. The van der Waals surface area contributed by atoms with Crippen LogP contribution in [-0.4, -0.2) is 43.2 Å². The molecule has 1 amide bonds. The highest BCUT2D eigenvalue weighted by atomic mass is 16.5. The predicted molar refractivity (Wildman–Crippen MR) is 131 cm³/mol. The lowest BCUT2D eigenvalue weighted by molar-refractivity contribution is -0.152. The van der Waals surface area contributed by atoms with Crippen LogP contribution in [0.2, 0.25) is 0 Å². The van der Waals surface area contributed by atoms with Gasteiger partial charge in [0.2, 0.25) is 11.8 Å². The molecule has 180 valence electrons. The van der Waals surface area contributed by atoms with E-state index in [-0.39, 0.29) is 17.8 Å². The van der Waals surface area contributed by atoms with E-state index in [2.05, 4.69) is 31.9 Å². The van der Waals surface area contributed by atoms with E-state index in [1.165, 1.54) is 12.3 Å². The summed E-state index contributed by atoms with van der Waals surface area (Å²) in [7, 11) is 0. The normalized spacial score (nSPS) is 11.3. The van der Waals surface area contributed by atoms with E-state index in [0.29, 0.717) is 29.2 Å². The van der Waals surface area contributed by atoms with E-state index in [4.69, 9.17) is 9.47 Å². The largest absolute Gasteiger partial charge is 0.464 e. The number of benzene rings is 1. The molecule has 0 bridgehead atoms. The lowest BCUT2D eigenvalue weighted by Gasteiger charge is -2.22. The van der Waals surface area contributed by atoms with Gasteiger partial charge in [0, 0.05) is 35.3 Å². The Morgan fingerprint density at radius 3 is 2.83 bits per heavy atom. The summed E-state index contributed by atoms with van der Waals surface area (Å²) in [4.78, 5) is 36.2. The number of anilines is 1. The van der Waals surface area contributed by atoms with Gasteiger partial charge in [-0.15, -0.1) is 0 Å². The molecule has 0 radical (unpaired) electrons. The number of rotatable bonds is 8. The van der Waals surface area contributed by atoms with Crippen LogP contribution in [0.15, 0.2) is 55.5 Å². The van der Waals surface area contributed by atoms with Crippen molar-refractivity contribution in [3.05, 3.63) is 61.2 Å². The third-order valence-electron chi connectivity index (χ3n) is 5.40. The minimum absolute atomic E-state index is 0.280. The maximum Gasteiger partial charge on any atom is 0.333 e. The summed E-state index contributed by atoms with van der Waals surface area (Å²) in [6.45, 7) is 10.9. The van der Waals surface area contributed by atoms with Crippen LogP contribution in [-0.2, 0) is 19.9 Å². The Balaban J connectivity index is 1.66. The molecule has 2 N–H and O–H groups in total. The minimum Gasteiger partial charge on any atom is -0.464 e. The maximum absolute atomic E-state index is 12.4. The van der Waals surface area contributed by atoms with Crippen molar-refractivity contribution in [2.24, 2.45) is 0 Å². The zero-order valence-electron chi connectivity index (χ0n) is 20.0. The Morgan fingerprint density at radius 1 is 1.29 bits per heavy atom. The fourth-order valence-corrected chi connectivity index (χ4v) is 3.49. The second kappa shape index (κ2) is 9.41. The van der Waals surface area contributed by atoms with E-state index in [1.54, 1.807) is 62.1 Å². The summed E-state index contributed by atoms with van der Waals surface area (Å²) >= 11 is 0. The number of nitrogens with zero attached hydrogens (tertiary/aromatic N) is 4. The predicted octanol–water partition coefficient (Wildman–Crippen LogP) is 4.34. The highest BCUT2D eigenvalue weighted by Gasteiger charge is 2.33. The van der Waals surface area contributed by atoms with E-state index in [0.717, 1.165) is 16.8 Å². The number of carbonyl (C=O) groups is 2. The number of ether oxygens (including phenoxy) is 2. The van der Waals surface area contributed by atoms with Gasteiger partial charge in [-0.05, 0) is 45.9 Å². The first-order chi connectivity index (χ1) is 16.7. The second-order valence-corrected chi connectivity index (χ2v) is 8.28. The molecule has 10 nitrogen and oxygen atoms in total. The summed E-state index contributed by atoms with van der Waals surface area (Å²) in [6, 6.07) is 6.92. The molecule has 0 atom stereocenters. The molecule has 3 heterocycles. The molecule has 0 fully saturated rings. The molecule has 0 saturated carbocycles. The van der Waals surface area contributed by atoms with Crippen LogP contribution in [0.25, 0.3) is 22.3 Å². The van der Waals surface area contributed by atoms with Crippen LogP contribution in [0, 0.1) is 6.92 Å². The summed E-state index contributed by atoms with van der Waals surface area (Å²) < 4.78 is 12.7. The number of aryl methyl sites for hydroxylation is 1. The van der Waals surface area contributed by atoms with Crippen molar-refractivity contribution >= 4 is 28.7 Å². The molecule has 0 saturated heterocycles. The number of carbonyl (C=O) groups excluding carboxylic acids is 2. The fourth-order valence-electron chi connectivity index (χ4n) is 3.49. The number of hydrogen-bond donors (Lipinski definition) is 2. The smallest absolute Gasteiger partial charge is 0.333 e. The number of amides is 1. The summed E-state index contributed by atoms with van der Waals surface area (Å²) in [5, 5.41) is 7.25. The Bertz CT molecular complexity index is 1420. The number of aromatic nitrogens is 5. The number of hydrogen-bond acceptors (Lipinski definition) is 7. The molecule has 1 aromatic carbocycles. The number of esters is 1. The van der Waals surface area contributed by atoms with E-state index >= 15 is 0 Å². The fraction of sp³-hybridized carbons (Fsp3) is 0.240. The van der Waals surface area contributed by atoms with Gasteiger partial charge in [0.1, 0.15) is 11.3 Å². The van der Waals surface area contributed by atoms with Gasteiger partial charge in [0.15, 0.2) is 11.2 Å². The van der Waals surface area contributed by atoms with Crippen molar-refractivity contribution in [3.63, 3.8) is 0 Å². The molecule has 4 aromatic rings. The summed E-state index contributed by atoms with van der Waals surface area (Å²) in [6.07, 6.45) is 6.30. The molecule has 35 heavy (non-hydrogen) atoms. The maximum atomic E-state index is 12.4. The molecular formula is C25H26N6O4. The quantitative estimate of drug-likeness (QED) is 0.287. The van der Waals surface area contributed by atoms with Crippen molar-refractivity contribution in [3.8, 4) is 22.8 Å². The van der Waals surface area contributed by atoms with E-state index in [9.17, 15) is 9.59 Å². The van der Waals surface area contributed by atoms with Crippen molar-refractivity contribution < 1.29 is 19.1 Å². The lowest BCUT2D eigenvalue weighted by Crippen LogP contribution is -2.37. The average Bonchev–Trinajstić information content (AvgIpc) is 3.42. The number of fused-ring (bicyclic) bond motifs is 1. The van der Waals surface area contributed by atoms with Crippen LogP contribution in [0.5, 0.6) is 11.6 Å². The van der Waals surface area contributed by atoms with Gasteiger partial charge in [-0.1, -0.05) is 12.6 Å². The third kappa shape index (κ3) is 4.77. The Morgan fingerprint density at radius 2 is 2.09 bits per heavy atom. The Hall–Kier alpha value is -4.47. The number of nitrogens with one attached hydrogen (secondary N) is 2. The lowest BCUT2D eigenvalue weighted by atomic mass is 10.1. The highest BCUT2D eigenvalue weighted by Crippen LogP contribution is 2.32. The molecule has 10 heteroatoms. The van der Waals surface area contributed by atoms with Crippen LogP contribution in [0.3, 0.4) is 0 Å². The Kier molecular flexibility index (Phi) is 6.37. The van der Waals surface area contributed by atoms with Crippen LogP contribution < -0.4 is 10.1 Å². The topological polar surface area (TPSA) is 124 Å². The average molecular weight is 475 g/mol. The molecular weight excluding hydrogens is 448 g/mol.